The molecular formula is C26H28N2O2S. The number of hydrogen-bond donors (Lipinski definition) is 1. The minimum atomic E-state index is -0.0687. The number of rotatable bonds is 8. The molecule has 0 saturated carbocycles. The largest absolute Gasteiger partial charge is 0.497 e. The lowest BCUT2D eigenvalue weighted by Gasteiger charge is -2.06. The molecule has 0 fully saturated rings. The molecule has 1 N–H and O–H groups in total. The second kappa shape index (κ2) is 9.92. The van der Waals surface area contributed by atoms with Gasteiger partial charge in [0.25, 0.3) is 0 Å². The van der Waals surface area contributed by atoms with Gasteiger partial charge in [0.15, 0.2) is 0 Å². The highest BCUT2D eigenvalue weighted by atomic mass is 32.1. The van der Waals surface area contributed by atoms with Gasteiger partial charge in [0, 0.05) is 16.0 Å². The summed E-state index contributed by atoms with van der Waals surface area (Å²) in [6.45, 7) is 2.37. The maximum absolute atomic E-state index is 12.2. The van der Waals surface area contributed by atoms with E-state index in [0.717, 1.165) is 46.9 Å². The molecule has 1 aromatic heterocycles. The van der Waals surface area contributed by atoms with Crippen LogP contribution in [0, 0.1) is 0 Å². The smallest absolute Gasteiger partial charge is 0.246 e. The Hall–Kier alpha value is -2.92. The third-order valence-electron chi connectivity index (χ3n) is 5.54. The van der Waals surface area contributed by atoms with Gasteiger partial charge in [0.1, 0.15) is 17.3 Å². The second-order valence-corrected chi connectivity index (χ2v) is 8.95. The molecule has 0 aliphatic carbocycles. The second-order valence-electron chi connectivity index (χ2n) is 7.82. The predicted octanol–water partition coefficient (Wildman–Crippen LogP) is 5.67. The molecule has 1 aliphatic heterocycles. The van der Waals surface area contributed by atoms with Crippen LogP contribution in [0.25, 0.3) is 0 Å². The Morgan fingerprint density at radius 1 is 1.00 bits per heavy atom. The molecule has 0 unspecified atom stereocenters. The summed E-state index contributed by atoms with van der Waals surface area (Å²) >= 11 is 1.65. The van der Waals surface area contributed by atoms with Gasteiger partial charge in [-0.1, -0.05) is 37.6 Å². The molecule has 5 heteroatoms. The first kappa shape index (κ1) is 21.3. The van der Waals surface area contributed by atoms with Crippen molar-refractivity contribution in [3.8, 4) is 5.75 Å². The number of amides is 1. The Kier molecular flexibility index (Phi) is 6.82. The highest BCUT2D eigenvalue weighted by Gasteiger charge is 2.21. The van der Waals surface area contributed by atoms with Crippen LogP contribution in [0.15, 0.2) is 59.6 Å². The zero-order valence-electron chi connectivity index (χ0n) is 18.1. The van der Waals surface area contributed by atoms with Crippen LogP contribution in [0.1, 0.15) is 46.9 Å². The highest BCUT2D eigenvalue weighted by molar-refractivity contribution is 7.16. The highest BCUT2D eigenvalue weighted by Crippen LogP contribution is 2.33. The summed E-state index contributed by atoms with van der Waals surface area (Å²) in [4.78, 5) is 18.0. The number of anilines is 1. The summed E-state index contributed by atoms with van der Waals surface area (Å²) in [6, 6.07) is 19.0. The molecule has 2 heterocycles. The van der Waals surface area contributed by atoms with Crippen LogP contribution < -0.4 is 10.1 Å². The number of unbranched alkanes of at least 4 members (excludes halogenated alkanes) is 1. The average Bonchev–Trinajstić information content (AvgIpc) is 3.12. The van der Waals surface area contributed by atoms with Crippen LogP contribution in [-0.2, 0) is 24.1 Å². The van der Waals surface area contributed by atoms with E-state index in [9.17, 15) is 4.79 Å². The van der Waals surface area contributed by atoms with Crippen molar-refractivity contribution in [3.05, 3.63) is 81.7 Å². The molecule has 160 valence electrons. The first-order valence-electron chi connectivity index (χ1n) is 10.9. The molecule has 2 aromatic carbocycles. The maximum atomic E-state index is 12.2. The van der Waals surface area contributed by atoms with Crippen molar-refractivity contribution >= 4 is 28.0 Å². The third kappa shape index (κ3) is 5.23. The van der Waals surface area contributed by atoms with E-state index in [2.05, 4.69) is 47.6 Å². The molecule has 1 aliphatic rings. The lowest BCUT2D eigenvalue weighted by atomic mass is 10.0. The van der Waals surface area contributed by atoms with E-state index in [1.807, 2.05) is 24.3 Å². The standard InChI is InChI=1S/C26H28N2O2S/c1-3-4-5-18-6-8-19(9-7-18)10-15-22-16-23-25(20-11-13-21(30-2)14-12-20)27-17-24(29)28-26(23)31-22/h6-9,11-14,16H,3-5,10,15,17H2,1-2H3,(H,28,29). The number of aryl methyl sites for hydroxylation is 3. The average molecular weight is 433 g/mol. The number of thiophene rings is 1. The van der Waals surface area contributed by atoms with E-state index >= 15 is 0 Å². The zero-order chi connectivity index (χ0) is 21.6. The van der Waals surface area contributed by atoms with Gasteiger partial charge in [-0.3, -0.25) is 9.79 Å². The number of aliphatic imine (C=N–C) groups is 1. The lowest BCUT2D eigenvalue weighted by molar-refractivity contribution is -0.114. The van der Waals surface area contributed by atoms with Gasteiger partial charge in [-0.2, -0.15) is 0 Å². The monoisotopic (exact) mass is 432 g/mol. The Morgan fingerprint density at radius 2 is 1.71 bits per heavy atom. The van der Waals surface area contributed by atoms with Crippen LogP contribution in [0.2, 0.25) is 0 Å². The van der Waals surface area contributed by atoms with Crippen molar-refractivity contribution in [3.63, 3.8) is 0 Å². The van der Waals surface area contributed by atoms with Crippen LogP contribution in [0.4, 0.5) is 5.00 Å². The predicted molar refractivity (Wildman–Crippen MR) is 129 cm³/mol. The van der Waals surface area contributed by atoms with Crippen molar-refractivity contribution in [1.29, 1.82) is 0 Å². The van der Waals surface area contributed by atoms with Gasteiger partial charge < -0.3 is 10.1 Å². The number of benzene rings is 2. The minimum absolute atomic E-state index is 0.0687. The van der Waals surface area contributed by atoms with E-state index < -0.39 is 0 Å². The van der Waals surface area contributed by atoms with Crippen LogP contribution in [0.5, 0.6) is 5.75 Å². The Morgan fingerprint density at radius 3 is 2.39 bits per heavy atom. The topological polar surface area (TPSA) is 50.7 Å². The first-order chi connectivity index (χ1) is 15.2. The first-order valence-corrected chi connectivity index (χ1v) is 11.7. The third-order valence-corrected chi connectivity index (χ3v) is 6.65. The van der Waals surface area contributed by atoms with Gasteiger partial charge in [-0.25, -0.2) is 0 Å². The molecule has 0 atom stereocenters. The van der Waals surface area contributed by atoms with Gasteiger partial charge in [-0.15, -0.1) is 11.3 Å². The van der Waals surface area contributed by atoms with E-state index in [1.165, 1.54) is 28.8 Å². The zero-order valence-corrected chi connectivity index (χ0v) is 18.9. The normalized spacial score (nSPS) is 13.2. The van der Waals surface area contributed by atoms with Gasteiger partial charge in [0.05, 0.1) is 12.8 Å². The Bertz CT molecular complexity index is 1070. The Labute approximate surface area is 188 Å². The van der Waals surface area contributed by atoms with Crippen LogP contribution in [-0.4, -0.2) is 25.3 Å². The number of nitrogens with zero attached hydrogens (tertiary/aromatic N) is 1. The number of methoxy groups -OCH3 is 1. The van der Waals surface area contributed by atoms with Crippen molar-refractivity contribution in [2.75, 3.05) is 19.0 Å². The van der Waals surface area contributed by atoms with E-state index in [1.54, 1.807) is 18.4 Å². The van der Waals surface area contributed by atoms with Crippen LogP contribution >= 0.6 is 11.3 Å². The molecule has 1 amide bonds. The molecule has 3 aromatic rings. The minimum Gasteiger partial charge on any atom is -0.497 e. The summed E-state index contributed by atoms with van der Waals surface area (Å²) in [5.74, 6) is 0.736. The molecule has 0 spiro atoms. The van der Waals surface area contributed by atoms with Crippen molar-refractivity contribution in [1.82, 2.24) is 0 Å². The van der Waals surface area contributed by atoms with E-state index in [0.29, 0.717) is 0 Å². The Balaban J connectivity index is 1.51. The number of hydrogen-bond acceptors (Lipinski definition) is 4. The summed E-state index contributed by atoms with van der Waals surface area (Å²) in [5.41, 5.74) is 5.61. The number of ether oxygens (including phenoxy) is 1. The summed E-state index contributed by atoms with van der Waals surface area (Å²) in [6.07, 6.45) is 5.54. The lowest BCUT2D eigenvalue weighted by Crippen LogP contribution is -2.12. The van der Waals surface area contributed by atoms with Crippen molar-refractivity contribution < 1.29 is 9.53 Å². The number of fused-ring (bicyclic) bond motifs is 1. The summed E-state index contributed by atoms with van der Waals surface area (Å²) in [7, 11) is 1.66. The molecule has 0 saturated heterocycles. The number of carbonyl (C=O) groups is 1. The van der Waals surface area contributed by atoms with Gasteiger partial charge >= 0.3 is 0 Å². The molecule has 0 bridgehead atoms. The number of carbonyl (C=O) groups excluding carboxylic acids is 1. The fourth-order valence-corrected chi connectivity index (χ4v) is 4.83. The molecule has 4 nitrogen and oxygen atoms in total. The van der Waals surface area contributed by atoms with Crippen molar-refractivity contribution in [2.45, 2.75) is 39.0 Å². The molecule has 0 radical (unpaired) electrons. The van der Waals surface area contributed by atoms with E-state index in [4.69, 9.17) is 4.74 Å². The van der Waals surface area contributed by atoms with E-state index in [-0.39, 0.29) is 12.5 Å². The molecular weight excluding hydrogens is 404 g/mol. The maximum Gasteiger partial charge on any atom is 0.246 e. The van der Waals surface area contributed by atoms with Crippen molar-refractivity contribution in [2.24, 2.45) is 4.99 Å². The van der Waals surface area contributed by atoms with Gasteiger partial charge in [-0.05, 0) is 67.1 Å². The number of nitrogens with one attached hydrogen (secondary N) is 1. The quantitative estimate of drug-likeness (QED) is 0.498. The molecule has 4 rings (SSSR count). The SMILES string of the molecule is CCCCc1ccc(CCc2cc3c(s2)NC(=O)CN=C3c2ccc(OC)cc2)cc1. The summed E-state index contributed by atoms with van der Waals surface area (Å²) in [5, 5.41) is 3.92. The fraction of sp³-hybridized carbons (Fsp3) is 0.308. The molecule has 31 heavy (non-hydrogen) atoms. The summed E-state index contributed by atoms with van der Waals surface area (Å²) < 4.78 is 5.27. The fourth-order valence-electron chi connectivity index (χ4n) is 3.75. The van der Waals surface area contributed by atoms with Gasteiger partial charge in [0.2, 0.25) is 5.91 Å². The van der Waals surface area contributed by atoms with Crippen LogP contribution in [0.3, 0.4) is 0 Å².